The number of carbonyl (C=O) groups is 2. The zero-order valence-corrected chi connectivity index (χ0v) is 11.4. The molecule has 108 valence electrons. The van der Waals surface area contributed by atoms with Crippen molar-refractivity contribution in [3.63, 3.8) is 0 Å². The van der Waals surface area contributed by atoms with Crippen molar-refractivity contribution in [3.05, 3.63) is 30.3 Å². The van der Waals surface area contributed by atoms with Crippen molar-refractivity contribution in [2.75, 3.05) is 18.0 Å². The van der Waals surface area contributed by atoms with Crippen LogP contribution in [0.4, 0.5) is 5.69 Å². The monoisotopic (exact) mass is 276 g/mol. The van der Waals surface area contributed by atoms with Gasteiger partial charge in [-0.15, -0.1) is 0 Å². The third-order valence-electron chi connectivity index (χ3n) is 3.27. The molecule has 1 amide bonds. The van der Waals surface area contributed by atoms with Gasteiger partial charge in [-0.2, -0.15) is 0 Å². The standard InChI is InChI=1S/C15H20N2O3/c18-14(16-12-6-7-12)8-10-17(11-9-15(19)20)13-4-2-1-3-5-13/h1-5,12H,6-11H2,(H,16,18)(H,19,20). The van der Waals surface area contributed by atoms with Crippen molar-refractivity contribution in [2.45, 2.75) is 31.7 Å². The summed E-state index contributed by atoms with van der Waals surface area (Å²) >= 11 is 0. The first-order valence-electron chi connectivity index (χ1n) is 6.96. The van der Waals surface area contributed by atoms with E-state index in [1.54, 1.807) is 0 Å². The fourth-order valence-corrected chi connectivity index (χ4v) is 2.00. The average molecular weight is 276 g/mol. The number of anilines is 1. The topological polar surface area (TPSA) is 69.6 Å². The summed E-state index contributed by atoms with van der Waals surface area (Å²) in [7, 11) is 0. The van der Waals surface area contributed by atoms with Crippen LogP contribution in [0.25, 0.3) is 0 Å². The molecule has 1 aliphatic rings. The minimum absolute atomic E-state index is 0.0451. The van der Waals surface area contributed by atoms with Crippen LogP contribution in [-0.2, 0) is 9.59 Å². The van der Waals surface area contributed by atoms with E-state index in [1.165, 1.54) is 0 Å². The van der Waals surface area contributed by atoms with Crippen molar-refractivity contribution in [1.29, 1.82) is 0 Å². The van der Waals surface area contributed by atoms with E-state index in [4.69, 9.17) is 5.11 Å². The van der Waals surface area contributed by atoms with Crippen LogP contribution >= 0.6 is 0 Å². The molecule has 2 rings (SSSR count). The first-order valence-corrected chi connectivity index (χ1v) is 6.96. The summed E-state index contributed by atoms with van der Waals surface area (Å²) in [4.78, 5) is 24.4. The molecule has 0 aliphatic heterocycles. The number of aliphatic carboxylic acids is 1. The second-order valence-corrected chi connectivity index (χ2v) is 5.06. The van der Waals surface area contributed by atoms with Crippen LogP contribution in [0.15, 0.2) is 30.3 Å². The minimum atomic E-state index is -0.826. The van der Waals surface area contributed by atoms with Gasteiger partial charge in [0, 0.05) is 31.2 Å². The molecule has 0 heterocycles. The lowest BCUT2D eigenvalue weighted by Gasteiger charge is -2.24. The molecular weight excluding hydrogens is 256 g/mol. The van der Waals surface area contributed by atoms with Crippen molar-refractivity contribution in [2.24, 2.45) is 0 Å². The third kappa shape index (κ3) is 4.91. The summed E-state index contributed by atoms with van der Waals surface area (Å²) in [6.07, 6.45) is 2.62. The number of benzene rings is 1. The average Bonchev–Trinajstić information content (AvgIpc) is 3.23. The highest BCUT2D eigenvalue weighted by Gasteiger charge is 2.23. The van der Waals surface area contributed by atoms with Crippen molar-refractivity contribution in [1.82, 2.24) is 5.32 Å². The minimum Gasteiger partial charge on any atom is -0.481 e. The zero-order valence-electron chi connectivity index (χ0n) is 11.4. The lowest BCUT2D eigenvalue weighted by molar-refractivity contribution is -0.136. The summed E-state index contributed by atoms with van der Waals surface area (Å²) in [5, 5.41) is 11.8. The molecule has 20 heavy (non-hydrogen) atoms. The highest BCUT2D eigenvalue weighted by molar-refractivity contribution is 5.77. The largest absolute Gasteiger partial charge is 0.481 e. The van der Waals surface area contributed by atoms with Crippen molar-refractivity contribution in [3.8, 4) is 0 Å². The fraction of sp³-hybridized carbons (Fsp3) is 0.467. The number of carboxylic acids is 1. The van der Waals surface area contributed by atoms with Gasteiger partial charge in [0.25, 0.3) is 0 Å². The first kappa shape index (κ1) is 14.4. The molecule has 1 saturated carbocycles. The smallest absolute Gasteiger partial charge is 0.305 e. The molecule has 0 saturated heterocycles. The molecular formula is C15H20N2O3. The van der Waals surface area contributed by atoms with Crippen LogP contribution < -0.4 is 10.2 Å². The number of rotatable bonds is 8. The highest BCUT2D eigenvalue weighted by atomic mass is 16.4. The van der Waals surface area contributed by atoms with E-state index >= 15 is 0 Å². The Balaban J connectivity index is 1.87. The Hall–Kier alpha value is -2.04. The van der Waals surface area contributed by atoms with Crippen LogP contribution in [-0.4, -0.2) is 36.1 Å². The SMILES string of the molecule is O=C(O)CCN(CCC(=O)NC1CC1)c1ccccc1. The maximum atomic E-state index is 11.7. The van der Waals surface area contributed by atoms with Crippen molar-refractivity contribution < 1.29 is 14.7 Å². The Morgan fingerprint density at radius 1 is 1.15 bits per heavy atom. The molecule has 5 nitrogen and oxygen atoms in total. The van der Waals surface area contributed by atoms with Gasteiger partial charge >= 0.3 is 5.97 Å². The second kappa shape index (κ2) is 6.93. The van der Waals surface area contributed by atoms with Gasteiger partial charge in [-0.25, -0.2) is 0 Å². The Morgan fingerprint density at radius 2 is 1.80 bits per heavy atom. The molecule has 2 N–H and O–H groups in total. The number of hydrogen-bond donors (Lipinski definition) is 2. The van der Waals surface area contributed by atoms with E-state index in [0.717, 1.165) is 18.5 Å². The predicted octanol–water partition coefficient (Wildman–Crippen LogP) is 1.64. The Bertz CT molecular complexity index is 457. The van der Waals surface area contributed by atoms with Crippen LogP contribution in [0.1, 0.15) is 25.7 Å². The number of hydrogen-bond acceptors (Lipinski definition) is 3. The Kier molecular flexibility index (Phi) is 4.98. The van der Waals surface area contributed by atoms with Crippen LogP contribution in [0.3, 0.4) is 0 Å². The van der Waals surface area contributed by atoms with E-state index in [9.17, 15) is 9.59 Å². The Labute approximate surface area is 118 Å². The number of carbonyl (C=O) groups excluding carboxylic acids is 1. The maximum Gasteiger partial charge on any atom is 0.305 e. The number of para-hydroxylation sites is 1. The van der Waals surface area contributed by atoms with E-state index in [-0.39, 0.29) is 12.3 Å². The second-order valence-electron chi connectivity index (χ2n) is 5.06. The molecule has 0 bridgehead atoms. The lowest BCUT2D eigenvalue weighted by atomic mass is 10.2. The molecule has 0 aromatic heterocycles. The van der Waals surface area contributed by atoms with Gasteiger partial charge in [0.1, 0.15) is 0 Å². The molecule has 0 atom stereocenters. The predicted molar refractivity (Wildman–Crippen MR) is 76.7 cm³/mol. The van der Waals surface area contributed by atoms with Gasteiger partial charge in [0.15, 0.2) is 0 Å². The summed E-state index contributed by atoms with van der Waals surface area (Å²) in [5.41, 5.74) is 0.952. The van der Waals surface area contributed by atoms with E-state index in [0.29, 0.717) is 25.6 Å². The van der Waals surface area contributed by atoms with E-state index in [2.05, 4.69) is 5.32 Å². The molecule has 0 radical (unpaired) electrons. The summed E-state index contributed by atoms with van der Waals surface area (Å²) < 4.78 is 0. The third-order valence-corrected chi connectivity index (χ3v) is 3.27. The molecule has 1 aromatic carbocycles. The summed E-state index contributed by atoms with van der Waals surface area (Å²) in [6.45, 7) is 0.950. The van der Waals surface area contributed by atoms with Gasteiger partial charge in [-0.1, -0.05) is 18.2 Å². The molecule has 1 aromatic rings. The van der Waals surface area contributed by atoms with Gasteiger partial charge in [-0.05, 0) is 25.0 Å². The van der Waals surface area contributed by atoms with Crippen molar-refractivity contribution >= 4 is 17.6 Å². The maximum absolute atomic E-state index is 11.7. The molecule has 0 unspecified atom stereocenters. The number of nitrogens with one attached hydrogen (secondary N) is 1. The van der Waals surface area contributed by atoms with E-state index in [1.807, 2.05) is 35.2 Å². The van der Waals surface area contributed by atoms with E-state index < -0.39 is 5.97 Å². The molecule has 0 spiro atoms. The fourth-order valence-electron chi connectivity index (χ4n) is 2.00. The summed E-state index contributed by atoms with van der Waals surface area (Å²) in [6, 6.07) is 9.97. The van der Waals surface area contributed by atoms with Gasteiger partial charge in [0.2, 0.25) is 5.91 Å². The van der Waals surface area contributed by atoms with Crippen LogP contribution in [0.2, 0.25) is 0 Å². The quantitative estimate of drug-likeness (QED) is 0.757. The number of carboxylic acid groups (broad SMARTS) is 1. The highest BCUT2D eigenvalue weighted by Crippen LogP contribution is 2.19. The lowest BCUT2D eigenvalue weighted by Crippen LogP contribution is -2.33. The molecule has 1 fully saturated rings. The normalized spacial score (nSPS) is 13.8. The van der Waals surface area contributed by atoms with Crippen LogP contribution in [0, 0.1) is 0 Å². The zero-order chi connectivity index (χ0) is 14.4. The first-order chi connectivity index (χ1) is 9.65. The van der Waals surface area contributed by atoms with Gasteiger partial charge in [-0.3, -0.25) is 9.59 Å². The molecule has 5 heteroatoms. The molecule has 1 aliphatic carbocycles. The van der Waals surface area contributed by atoms with Gasteiger partial charge < -0.3 is 15.3 Å². The number of nitrogens with zero attached hydrogens (tertiary/aromatic N) is 1. The Morgan fingerprint density at radius 3 is 2.40 bits per heavy atom. The van der Waals surface area contributed by atoms with Gasteiger partial charge in [0.05, 0.1) is 6.42 Å². The number of amides is 1. The summed E-state index contributed by atoms with van der Waals surface area (Å²) in [5.74, 6) is -0.780. The van der Waals surface area contributed by atoms with Crippen LogP contribution in [0.5, 0.6) is 0 Å².